The Kier molecular flexibility index (Phi) is 4.32. The van der Waals surface area contributed by atoms with Crippen molar-refractivity contribution in [1.82, 2.24) is 0 Å². The van der Waals surface area contributed by atoms with Crippen LogP contribution in [0, 0.1) is 50.7 Å². The number of hydrogen-bond donors (Lipinski definition) is 3. The molecule has 7 rings (SSSR count). The maximum absolute atomic E-state index is 11.6. The van der Waals surface area contributed by atoms with Crippen molar-refractivity contribution >= 4 is 0 Å². The highest BCUT2D eigenvalue weighted by molar-refractivity contribution is 5.32. The molecule has 5 nitrogen and oxygen atoms in total. The fraction of sp³-hybridized carbons (Fsp3) is 1.00. The van der Waals surface area contributed by atoms with Crippen molar-refractivity contribution in [3.8, 4) is 0 Å². The Morgan fingerprint density at radius 3 is 2.14 bits per heavy atom. The van der Waals surface area contributed by atoms with Gasteiger partial charge in [-0.3, -0.25) is 0 Å². The van der Waals surface area contributed by atoms with E-state index in [2.05, 4.69) is 34.6 Å². The molecule has 0 aromatic heterocycles. The molecule has 0 radical (unpaired) electrons. The van der Waals surface area contributed by atoms with Gasteiger partial charge >= 0.3 is 0 Å². The zero-order valence-corrected chi connectivity index (χ0v) is 22.9. The lowest BCUT2D eigenvalue weighted by atomic mass is 9.41. The highest BCUT2D eigenvalue weighted by atomic mass is 16.7. The predicted molar refractivity (Wildman–Crippen MR) is 132 cm³/mol. The van der Waals surface area contributed by atoms with Gasteiger partial charge in [-0.2, -0.15) is 0 Å². The van der Waals surface area contributed by atoms with Gasteiger partial charge in [0.15, 0.2) is 0 Å². The van der Waals surface area contributed by atoms with E-state index < -0.39 is 23.6 Å². The molecule has 0 aromatic carbocycles. The first-order valence-electron chi connectivity index (χ1n) is 14.5. The van der Waals surface area contributed by atoms with Crippen LogP contribution in [-0.2, 0) is 9.47 Å². The van der Waals surface area contributed by atoms with Crippen molar-refractivity contribution in [2.24, 2.45) is 50.7 Å². The number of hydrogen-bond acceptors (Lipinski definition) is 5. The fourth-order valence-electron chi connectivity index (χ4n) is 12.6. The van der Waals surface area contributed by atoms with Gasteiger partial charge in [0, 0.05) is 0 Å². The molecule has 5 saturated carbocycles. The quantitative estimate of drug-likeness (QED) is 0.462. The molecule has 2 aliphatic heterocycles. The fourth-order valence-corrected chi connectivity index (χ4v) is 12.6. The van der Waals surface area contributed by atoms with Gasteiger partial charge in [-0.15, -0.1) is 0 Å². The van der Waals surface area contributed by atoms with Crippen LogP contribution in [0.5, 0.6) is 0 Å². The van der Waals surface area contributed by atoms with Gasteiger partial charge < -0.3 is 24.8 Å². The van der Waals surface area contributed by atoms with Crippen molar-refractivity contribution in [1.29, 1.82) is 0 Å². The molecule has 35 heavy (non-hydrogen) atoms. The average Bonchev–Trinajstić information content (AvgIpc) is 3.32. The minimum absolute atomic E-state index is 0.0106. The van der Waals surface area contributed by atoms with Gasteiger partial charge in [-0.25, -0.2) is 0 Å². The van der Waals surface area contributed by atoms with Crippen LogP contribution in [0.4, 0.5) is 0 Å². The average molecular weight is 489 g/mol. The summed E-state index contributed by atoms with van der Waals surface area (Å²) in [7, 11) is 0. The molecular weight excluding hydrogens is 440 g/mol. The Morgan fingerprint density at radius 2 is 1.43 bits per heavy atom. The molecule has 7 fully saturated rings. The van der Waals surface area contributed by atoms with E-state index in [9.17, 15) is 15.3 Å². The minimum atomic E-state index is -1.62. The van der Waals surface area contributed by atoms with Crippen LogP contribution in [0.15, 0.2) is 0 Å². The van der Waals surface area contributed by atoms with Gasteiger partial charge in [0.05, 0.1) is 17.8 Å². The van der Waals surface area contributed by atoms with Crippen LogP contribution in [0.25, 0.3) is 0 Å². The number of aliphatic hydroxyl groups excluding tert-OH is 2. The summed E-state index contributed by atoms with van der Waals surface area (Å²) in [5.41, 5.74) is 0.319. The highest BCUT2D eigenvalue weighted by Crippen LogP contribution is 2.89. The molecule has 0 amide bonds. The molecule has 2 heterocycles. The van der Waals surface area contributed by atoms with E-state index >= 15 is 0 Å². The van der Waals surface area contributed by atoms with Gasteiger partial charge in [0.1, 0.15) is 12.2 Å². The topological polar surface area (TPSA) is 79.2 Å². The summed E-state index contributed by atoms with van der Waals surface area (Å²) < 4.78 is 12.9. The lowest BCUT2D eigenvalue weighted by molar-refractivity contribution is -0.327. The summed E-state index contributed by atoms with van der Waals surface area (Å²) in [6.45, 7) is 15.7. The molecule has 198 valence electrons. The van der Waals surface area contributed by atoms with Crippen LogP contribution in [0.2, 0.25) is 0 Å². The SMILES string of the molecule is C[C@H]1[C@H]2[C@H](C[C@@]3(C)[C@@H]4CC[C@H]5C(C)(C)[C@@H](O)CC[C@@]56C[C@@]46CC[C@]23C)O[C@]2(O)[C@@H]1OC(C)(C)[C@H]2O. The number of aliphatic hydroxyl groups is 3. The zero-order valence-electron chi connectivity index (χ0n) is 22.9. The van der Waals surface area contributed by atoms with E-state index in [0.29, 0.717) is 28.6 Å². The Hall–Kier alpha value is -0.200. The zero-order chi connectivity index (χ0) is 25.2. The molecule has 2 saturated heterocycles. The summed E-state index contributed by atoms with van der Waals surface area (Å²) in [4.78, 5) is 0. The summed E-state index contributed by atoms with van der Waals surface area (Å²) in [5.74, 6) is 0.142. The van der Waals surface area contributed by atoms with E-state index in [0.717, 1.165) is 12.8 Å². The smallest absolute Gasteiger partial charge is 0.222 e. The maximum Gasteiger partial charge on any atom is 0.222 e. The van der Waals surface area contributed by atoms with Gasteiger partial charge in [-0.05, 0) is 116 Å². The Bertz CT molecular complexity index is 962. The second kappa shape index (κ2) is 6.33. The van der Waals surface area contributed by atoms with Crippen LogP contribution in [0.1, 0.15) is 99.8 Å². The van der Waals surface area contributed by atoms with Crippen molar-refractivity contribution < 1.29 is 24.8 Å². The number of rotatable bonds is 0. The lowest BCUT2D eigenvalue weighted by Crippen LogP contribution is -2.63. The summed E-state index contributed by atoms with van der Waals surface area (Å²) in [5, 5.41) is 33.6. The summed E-state index contributed by atoms with van der Waals surface area (Å²) in [6, 6.07) is 0. The van der Waals surface area contributed by atoms with E-state index in [1.165, 1.54) is 38.5 Å². The number of fused-ring (bicyclic) bond motifs is 5. The van der Waals surface area contributed by atoms with Crippen molar-refractivity contribution in [2.75, 3.05) is 0 Å². The van der Waals surface area contributed by atoms with E-state index in [-0.39, 0.29) is 34.4 Å². The first-order chi connectivity index (χ1) is 16.1. The van der Waals surface area contributed by atoms with Gasteiger partial charge in [-0.1, -0.05) is 34.6 Å². The third kappa shape index (κ3) is 2.34. The molecule has 13 atom stereocenters. The first kappa shape index (κ1) is 23.9. The van der Waals surface area contributed by atoms with Crippen LogP contribution >= 0.6 is 0 Å². The Balaban J connectivity index is 1.26. The number of ether oxygens (including phenoxy) is 2. The van der Waals surface area contributed by atoms with Crippen LogP contribution in [0.3, 0.4) is 0 Å². The second-order valence-corrected chi connectivity index (χ2v) is 15.9. The summed E-state index contributed by atoms with van der Waals surface area (Å²) >= 11 is 0. The molecule has 0 aromatic rings. The monoisotopic (exact) mass is 488 g/mol. The minimum Gasteiger partial charge on any atom is -0.393 e. The normalized spacial score (nSPS) is 65.3. The second-order valence-electron chi connectivity index (χ2n) is 15.9. The molecule has 3 N–H and O–H groups in total. The van der Waals surface area contributed by atoms with Gasteiger partial charge in [0.25, 0.3) is 0 Å². The Labute approximate surface area is 211 Å². The molecule has 5 heteroatoms. The van der Waals surface area contributed by atoms with Crippen LogP contribution in [-0.4, -0.2) is 51.1 Å². The third-order valence-electron chi connectivity index (χ3n) is 14.4. The van der Waals surface area contributed by atoms with E-state index in [4.69, 9.17) is 9.47 Å². The molecule has 7 aliphatic rings. The largest absolute Gasteiger partial charge is 0.393 e. The van der Waals surface area contributed by atoms with Crippen molar-refractivity contribution in [3.63, 3.8) is 0 Å². The Morgan fingerprint density at radius 1 is 0.771 bits per heavy atom. The summed E-state index contributed by atoms with van der Waals surface area (Å²) in [6.07, 6.45) is 7.72. The molecule has 0 bridgehead atoms. The van der Waals surface area contributed by atoms with Crippen molar-refractivity contribution in [2.45, 2.75) is 136 Å². The van der Waals surface area contributed by atoms with Crippen LogP contribution < -0.4 is 0 Å². The lowest BCUT2D eigenvalue weighted by Gasteiger charge is -2.63. The van der Waals surface area contributed by atoms with Crippen molar-refractivity contribution in [3.05, 3.63) is 0 Å². The maximum atomic E-state index is 11.6. The van der Waals surface area contributed by atoms with Gasteiger partial charge in [0.2, 0.25) is 5.79 Å². The van der Waals surface area contributed by atoms with E-state index in [1.807, 2.05) is 13.8 Å². The first-order valence-corrected chi connectivity index (χ1v) is 14.5. The molecule has 2 spiro atoms. The molecular formula is C30H48O5. The van der Waals surface area contributed by atoms with E-state index in [1.54, 1.807) is 0 Å². The molecule has 5 aliphatic carbocycles. The standard InChI is InChI=1S/C30H48O5/c1-16-21-17(34-30(33)22(16)35-25(4,5)23(30)32)14-27(7)19-9-8-18-24(2,3)20(31)10-11-28(18)15-29(19,28)13-12-26(21,27)6/h16-23,31-33H,8-15H2,1-7H3/t16-,17-,18-,19-,20-,21-,22+,23+,26+,27-,28+,29-,30+/m0/s1. The molecule has 0 unspecified atom stereocenters. The third-order valence-corrected chi connectivity index (χ3v) is 14.4. The predicted octanol–water partition coefficient (Wildman–Crippen LogP) is 4.66. The highest BCUT2D eigenvalue weighted by Gasteiger charge is 2.84.